The third kappa shape index (κ3) is 3.26. The van der Waals surface area contributed by atoms with Crippen LogP contribution in [0, 0.1) is 6.92 Å². The minimum absolute atomic E-state index is 0.0408. The number of rotatable bonds is 6. The van der Waals surface area contributed by atoms with Crippen molar-refractivity contribution >= 4 is 21.5 Å². The molecule has 28 heavy (non-hydrogen) atoms. The van der Waals surface area contributed by atoms with E-state index in [9.17, 15) is 13.2 Å². The van der Waals surface area contributed by atoms with Gasteiger partial charge in [0.05, 0.1) is 19.1 Å². The van der Waals surface area contributed by atoms with E-state index in [-0.39, 0.29) is 35.1 Å². The second-order valence-electron chi connectivity index (χ2n) is 6.55. The minimum Gasteiger partial charge on any atom is -0.493 e. The van der Waals surface area contributed by atoms with E-state index in [2.05, 4.69) is 6.58 Å². The van der Waals surface area contributed by atoms with Gasteiger partial charge in [0.2, 0.25) is 0 Å². The predicted octanol–water partition coefficient (Wildman–Crippen LogP) is 3.52. The van der Waals surface area contributed by atoms with Crippen LogP contribution in [-0.2, 0) is 16.4 Å². The number of carbonyl (C=O) groups excluding carboxylic acids is 1. The second kappa shape index (κ2) is 7.67. The van der Waals surface area contributed by atoms with Gasteiger partial charge in [-0.2, -0.15) is 0 Å². The lowest BCUT2D eigenvalue weighted by molar-refractivity contribution is 0.0980. The highest BCUT2D eigenvalue weighted by molar-refractivity contribution is 7.92. The molecule has 1 aliphatic heterocycles. The van der Waals surface area contributed by atoms with Crippen molar-refractivity contribution in [1.29, 1.82) is 0 Å². The summed E-state index contributed by atoms with van der Waals surface area (Å²) in [5.41, 5.74) is 2.20. The second-order valence-corrected chi connectivity index (χ2v) is 8.41. The number of nitrogens with zero attached hydrogens (tertiary/aromatic N) is 1. The van der Waals surface area contributed by atoms with Crippen LogP contribution < -0.4 is 13.8 Å². The molecule has 0 radical (unpaired) electrons. The number of sulfonamides is 1. The number of methoxy groups -OCH3 is 2. The smallest absolute Gasteiger partial charge is 0.264 e. The van der Waals surface area contributed by atoms with Crippen molar-refractivity contribution in [1.82, 2.24) is 0 Å². The summed E-state index contributed by atoms with van der Waals surface area (Å²) < 4.78 is 39.0. The third-order valence-corrected chi connectivity index (χ3v) is 6.58. The van der Waals surface area contributed by atoms with Crippen molar-refractivity contribution in [3.63, 3.8) is 0 Å². The Balaban J connectivity index is 2.30. The summed E-state index contributed by atoms with van der Waals surface area (Å²) in [7, 11) is -0.976. The van der Waals surface area contributed by atoms with Crippen LogP contribution in [-0.4, -0.2) is 35.0 Å². The topological polar surface area (TPSA) is 72.9 Å². The van der Waals surface area contributed by atoms with Crippen LogP contribution in [0.2, 0.25) is 0 Å². The molecule has 0 bridgehead atoms. The maximum atomic E-state index is 13.4. The van der Waals surface area contributed by atoms with Gasteiger partial charge in [0.15, 0.2) is 17.3 Å². The Morgan fingerprint density at radius 3 is 2.43 bits per heavy atom. The van der Waals surface area contributed by atoms with Gasteiger partial charge >= 0.3 is 0 Å². The van der Waals surface area contributed by atoms with Gasteiger partial charge in [0, 0.05) is 18.5 Å². The molecule has 2 aromatic carbocycles. The Kier molecular flexibility index (Phi) is 5.47. The summed E-state index contributed by atoms with van der Waals surface area (Å²) in [4.78, 5) is 12.9. The molecule has 7 heteroatoms. The monoisotopic (exact) mass is 401 g/mol. The lowest BCUT2D eigenvalue weighted by Crippen LogP contribution is -2.38. The fourth-order valence-corrected chi connectivity index (χ4v) is 4.89. The quantitative estimate of drug-likeness (QED) is 0.693. The van der Waals surface area contributed by atoms with Crippen molar-refractivity contribution in [2.24, 2.45) is 0 Å². The van der Waals surface area contributed by atoms with Gasteiger partial charge in [0.25, 0.3) is 10.0 Å². The highest BCUT2D eigenvalue weighted by atomic mass is 32.2. The normalized spacial score (nSPS) is 13.8. The Morgan fingerprint density at radius 2 is 1.86 bits per heavy atom. The highest BCUT2D eigenvalue weighted by Crippen LogP contribution is 2.46. The maximum Gasteiger partial charge on any atom is 0.264 e. The molecular weight excluding hydrogens is 378 g/mol. The minimum atomic E-state index is -3.89. The van der Waals surface area contributed by atoms with E-state index in [0.717, 1.165) is 5.56 Å². The summed E-state index contributed by atoms with van der Waals surface area (Å²) in [6.07, 6.45) is 2.17. The third-order valence-electron chi connectivity index (χ3n) is 4.77. The molecule has 0 aliphatic carbocycles. The number of allylic oxidation sites excluding steroid dienone is 1. The first-order valence-corrected chi connectivity index (χ1v) is 10.3. The zero-order valence-electron chi connectivity index (χ0n) is 16.2. The van der Waals surface area contributed by atoms with Crippen LogP contribution in [0.5, 0.6) is 11.5 Å². The fraction of sp³-hybridized carbons (Fsp3) is 0.286. The van der Waals surface area contributed by atoms with Crippen molar-refractivity contribution < 1.29 is 22.7 Å². The van der Waals surface area contributed by atoms with Crippen LogP contribution >= 0.6 is 0 Å². The molecule has 0 aromatic heterocycles. The number of anilines is 1. The summed E-state index contributed by atoms with van der Waals surface area (Å²) in [6.45, 7) is 5.67. The van der Waals surface area contributed by atoms with Crippen LogP contribution in [0.4, 0.5) is 5.69 Å². The fourth-order valence-electron chi connectivity index (χ4n) is 3.41. The van der Waals surface area contributed by atoms with Gasteiger partial charge < -0.3 is 9.47 Å². The Labute approximate surface area is 165 Å². The van der Waals surface area contributed by atoms with E-state index < -0.39 is 10.0 Å². The lowest BCUT2D eigenvalue weighted by Gasteiger charge is -2.33. The number of benzene rings is 2. The standard InChI is InChI=1S/C21H23NO5S/c1-5-6-15-13-18(26-3)21(27-4)20-19(15)17(23)11-12-22(20)28(24,25)16-9-7-14(2)8-10-16/h5,7-10,13H,1,6,11-12H2,2-4H3. The molecule has 1 heterocycles. The number of hydrogen-bond acceptors (Lipinski definition) is 5. The number of ketones is 1. The van der Waals surface area contributed by atoms with Gasteiger partial charge in [-0.1, -0.05) is 23.8 Å². The molecule has 0 fully saturated rings. The van der Waals surface area contributed by atoms with Crippen LogP contribution in [0.1, 0.15) is 27.9 Å². The average molecular weight is 401 g/mol. The summed E-state index contributed by atoms with van der Waals surface area (Å²) >= 11 is 0. The molecule has 0 saturated heterocycles. The number of Topliss-reactive ketones (excluding diaryl/α,β-unsaturated/α-hetero) is 1. The SMILES string of the molecule is C=CCc1cc(OC)c(OC)c2c1C(=O)CCN2S(=O)(=O)c1ccc(C)cc1. The molecule has 3 rings (SSSR count). The number of carbonyl (C=O) groups is 1. The number of fused-ring (bicyclic) bond motifs is 1. The van der Waals surface area contributed by atoms with E-state index in [1.54, 1.807) is 36.4 Å². The highest BCUT2D eigenvalue weighted by Gasteiger charge is 2.37. The molecule has 0 N–H and O–H groups in total. The number of ether oxygens (including phenoxy) is 2. The largest absolute Gasteiger partial charge is 0.493 e. The lowest BCUT2D eigenvalue weighted by atomic mass is 9.93. The number of aryl methyl sites for hydroxylation is 1. The van der Waals surface area contributed by atoms with E-state index in [4.69, 9.17) is 9.47 Å². The Hall–Kier alpha value is -2.80. The van der Waals surface area contributed by atoms with Crippen molar-refractivity contribution in [3.8, 4) is 11.5 Å². The van der Waals surface area contributed by atoms with Gasteiger partial charge in [-0.3, -0.25) is 9.10 Å². The van der Waals surface area contributed by atoms with Crippen molar-refractivity contribution in [2.45, 2.75) is 24.7 Å². The molecule has 1 aliphatic rings. The zero-order chi connectivity index (χ0) is 20.5. The van der Waals surface area contributed by atoms with Crippen molar-refractivity contribution in [3.05, 3.63) is 59.7 Å². The van der Waals surface area contributed by atoms with E-state index >= 15 is 0 Å². The molecule has 0 unspecified atom stereocenters. The first-order valence-electron chi connectivity index (χ1n) is 8.86. The zero-order valence-corrected chi connectivity index (χ0v) is 17.0. The van der Waals surface area contributed by atoms with E-state index in [0.29, 0.717) is 23.3 Å². The summed E-state index contributed by atoms with van der Waals surface area (Å²) in [5, 5.41) is 0. The van der Waals surface area contributed by atoms with Gasteiger partial charge in [0.1, 0.15) is 5.69 Å². The van der Waals surface area contributed by atoms with E-state index in [1.807, 2.05) is 6.92 Å². The number of hydrogen-bond donors (Lipinski definition) is 0. The average Bonchev–Trinajstić information content (AvgIpc) is 2.68. The van der Waals surface area contributed by atoms with Crippen LogP contribution in [0.25, 0.3) is 0 Å². The van der Waals surface area contributed by atoms with E-state index in [1.165, 1.54) is 18.5 Å². The molecule has 0 spiro atoms. The van der Waals surface area contributed by atoms with Gasteiger partial charge in [-0.25, -0.2) is 8.42 Å². The molecule has 0 saturated carbocycles. The molecule has 2 aromatic rings. The van der Waals surface area contributed by atoms with Gasteiger partial charge in [-0.05, 0) is 37.1 Å². The first-order chi connectivity index (χ1) is 13.3. The summed E-state index contributed by atoms with van der Waals surface area (Å²) in [6, 6.07) is 8.33. The summed E-state index contributed by atoms with van der Waals surface area (Å²) in [5.74, 6) is 0.481. The molecule has 0 atom stereocenters. The molecular formula is C21H23NO5S. The van der Waals surface area contributed by atoms with Crippen LogP contribution in [0.3, 0.4) is 0 Å². The maximum absolute atomic E-state index is 13.4. The Bertz CT molecular complexity index is 1030. The molecule has 6 nitrogen and oxygen atoms in total. The predicted molar refractivity (Wildman–Crippen MR) is 108 cm³/mol. The first kappa shape index (κ1) is 19.9. The van der Waals surface area contributed by atoms with Crippen LogP contribution in [0.15, 0.2) is 47.9 Å². The Morgan fingerprint density at radius 1 is 1.18 bits per heavy atom. The molecule has 0 amide bonds. The van der Waals surface area contributed by atoms with Gasteiger partial charge in [-0.15, -0.1) is 6.58 Å². The van der Waals surface area contributed by atoms with Crippen molar-refractivity contribution in [2.75, 3.05) is 25.1 Å². The molecule has 148 valence electrons.